The number of nitrogens with zero attached hydrogens (tertiary/aromatic N) is 2. The van der Waals surface area contributed by atoms with E-state index in [1.165, 1.54) is 0 Å². The van der Waals surface area contributed by atoms with Gasteiger partial charge in [0.05, 0.1) is 0 Å². The molecule has 2 nitrogen and oxygen atoms in total. The summed E-state index contributed by atoms with van der Waals surface area (Å²) in [4.78, 5) is 8.59. The lowest BCUT2D eigenvalue weighted by Crippen LogP contribution is -2.15. The molecule has 0 aliphatic carbocycles. The van der Waals surface area contributed by atoms with Gasteiger partial charge in [-0.25, -0.2) is 0 Å². The summed E-state index contributed by atoms with van der Waals surface area (Å²) in [6.45, 7) is 10.3. The van der Waals surface area contributed by atoms with Crippen molar-refractivity contribution in [2.45, 2.75) is 33.4 Å². The summed E-state index contributed by atoms with van der Waals surface area (Å²) < 4.78 is 0. The molecular weight excluding hydrogens is 148 g/mol. The quantitative estimate of drug-likeness (QED) is 0.599. The fraction of sp³-hybridized carbons (Fsp3) is 0.600. The van der Waals surface area contributed by atoms with E-state index in [0.29, 0.717) is 5.92 Å². The van der Waals surface area contributed by atoms with E-state index < -0.39 is 0 Å². The third kappa shape index (κ3) is 2.03. The predicted molar refractivity (Wildman–Crippen MR) is 54.0 cm³/mol. The Balaban J connectivity index is 2.70. The van der Waals surface area contributed by atoms with E-state index in [-0.39, 0.29) is 6.17 Å². The fourth-order valence-corrected chi connectivity index (χ4v) is 1.15. The van der Waals surface area contributed by atoms with Crippen LogP contribution in [0, 0.1) is 5.92 Å². The predicted octanol–water partition coefficient (Wildman–Crippen LogP) is 2.46. The van der Waals surface area contributed by atoms with Gasteiger partial charge >= 0.3 is 0 Å². The van der Waals surface area contributed by atoms with E-state index in [4.69, 9.17) is 0 Å². The number of hydrogen-bond acceptors (Lipinski definition) is 2. The minimum Gasteiger partial charge on any atom is -0.271 e. The molecule has 0 radical (unpaired) electrons. The molecule has 12 heavy (non-hydrogen) atoms. The van der Waals surface area contributed by atoms with Crippen molar-refractivity contribution in [2.24, 2.45) is 15.9 Å². The van der Waals surface area contributed by atoms with Crippen molar-refractivity contribution in [2.75, 3.05) is 0 Å². The van der Waals surface area contributed by atoms with Gasteiger partial charge in [-0.1, -0.05) is 20.4 Å². The fourth-order valence-electron chi connectivity index (χ4n) is 1.15. The Morgan fingerprint density at radius 1 is 1.67 bits per heavy atom. The maximum absolute atomic E-state index is 4.42. The van der Waals surface area contributed by atoms with Crippen LogP contribution in [-0.4, -0.2) is 18.1 Å². The number of hydrogen-bond donors (Lipinski definition) is 0. The molecule has 2 heteroatoms. The highest BCUT2D eigenvalue weighted by atomic mass is 15.0. The third-order valence-corrected chi connectivity index (χ3v) is 2.02. The second-order valence-electron chi connectivity index (χ2n) is 3.42. The highest BCUT2D eigenvalue weighted by Gasteiger charge is 2.11. The molecule has 0 aromatic carbocycles. The Morgan fingerprint density at radius 3 is 2.83 bits per heavy atom. The zero-order valence-corrected chi connectivity index (χ0v) is 8.04. The van der Waals surface area contributed by atoms with Crippen molar-refractivity contribution in [3.8, 4) is 0 Å². The number of rotatable bonds is 2. The molecule has 1 atom stereocenters. The van der Waals surface area contributed by atoms with Gasteiger partial charge in [-0.05, 0) is 18.4 Å². The minimum absolute atomic E-state index is 0.0873. The Bertz CT molecular complexity index is 236. The maximum Gasteiger partial charge on any atom is 0.136 e. The van der Waals surface area contributed by atoms with Crippen molar-refractivity contribution >= 4 is 11.9 Å². The summed E-state index contributed by atoms with van der Waals surface area (Å²) in [6, 6.07) is 0. The number of aliphatic imine (C=N–C) groups is 2. The van der Waals surface area contributed by atoms with Gasteiger partial charge in [0.1, 0.15) is 6.17 Å². The van der Waals surface area contributed by atoms with Crippen molar-refractivity contribution in [3.05, 3.63) is 12.2 Å². The van der Waals surface area contributed by atoms with Gasteiger partial charge in [-0.15, -0.1) is 0 Å². The molecule has 1 unspecified atom stereocenters. The highest BCUT2D eigenvalue weighted by Crippen LogP contribution is 2.14. The van der Waals surface area contributed by atoms with Gasteiger partial charge < -0.3 is 0 Å². The average Bonchev–Trinajstić information content (AvgIpc) is 2.03. The van der Waals surface area contributed by atoms with Crippen LogP contribution in [-0.2, 0) is 0 Å². The molecular formula is C10H16N2. The van der Waals surface area contributed by atoms with Crippen LogP contribution < -0.4 is 0 Å². The molecule has 0 N–H and O–H groups in total. The normalized spacial score (nSPS) is 22.7. The zero-order chi connectivity index (χ0) is 9.14. The Labute approximate surface area is 74.1 Å². The smallest absolute Gasteiger partial charge is 0.136 e. The Morgan fingerprint density at radius 2 is 2.33 bits per heavy atom. The summed E-state index contributed by atoms with van der Waals surface area (Å²) in [7, 11) is 0. The molecule has 0 amide bonds. The van der Waals surface area contributed by atoms with Crippen molar-refractivity contribution in [3.63, 3.8) is 0 Å². The molecule has 0 saturated heterocycles. The largest absolute Gasteiger partial charge is 0.271 e. The standard InChI is InChI=1S/C10H16N2/c1-7(2)8(3)10-5-6-11-9(4)12-10/h6-7,9H,3,5H2,1-2,4H3. The highest BCUT2D eigenvalue weighted by molar-refractivity contribution is 6.07. The van der Waals surface area contributed by atoms with Crippen molar-refractivity contribution in [1.82, 2.24) is 0 Å². The summed E-state index contributed by atoms with van der Waals surface area (Å²) in [5.74, 6) is 0.488. The van der Waals surface area contributed by atoms with Crippen LogP contribution in [0.15, 0.2) is 22.1 Å². The molecule has 0 aromatic rings. The van der Waals surface area contributed by atoms with Gasteiger partial charge in [0, 0.05) is 18.3 Å². The SMILES string of the molecule is C=C(C1=NC(C)N=CC1)C(C)C. The Hall–Kier alpha value is -0.920. The van der Waals surface area contributed by atoms with Gasteiger partial charge in [-0.2, -0.15) is 0 Å². The molecule has 1 rings (SSSR count). The third-order valence-electron chi connectivity index (χ3n) is 2.02. The lowest BCUT2D eigenvalue weighted by Gasteiger charge is -2.15. The van der Waals surface area contributed by atoms with E-state index in [9.17, 15) is 0 Å². The average molecular weight is 164 g/mol. The Kier molecular flexibility index (Phi) is 2.79. The van der Waals surface area contributed by atoms with E-state index in [0.717, 1.165) is 17.7 Å². The zero-order valence-electron chi connectivity index (χ0n) is 8.04. The lowest BCUT2D eigenvalue weighted by molar-refractivity contribution is 0.763. The first-order valence-electron chi connectivity index (χ1n) is 4.38. The van der Waals surface area contributed by atoms with Gasteiger partial charge in [-0.3, -0.25) is 9.98 Å². The van der Waals surface area contributed by atoms with Crippen LogP contribution in [0.25, 0.3) is 0 Å². The summed E-state index contributed by atoms with van der Waals surface area (Å²) >= 11 is 0. The van der Waals surface area contributed by atoms with Gasteiger partial charge in [0.15, 0.2) is 0 Å². The molecule has 0 fully saturated rings. The molecule has 0 saturated carbocycles. The van der Waals surface area contributed by atoms with E-state index in [2.05, 4.69) is 30.4 Å². The second kappa shape index (κ2) is 3.65. The van der Waals surface area contributed by atoms with Crippen LogP contribution in [0.1, 0.15) is 27.2 Å². The molecule has 1 heterocycles. The lowest BCUT2D eigenvalue weighted by atomic mass is 9.98. The minimum atomic E-state index is 0.0873. The molecule has 66 valence electrons. The molecule has 0 aromatic heterocycles. The van der Waals surface area contributed by atoms with E-state index in [1.54, 1.807) is 0 Å². The first-order chi connectivity index (χ1) is 5.61. The molecule has 0 spiro atoms. The van der Waals surface area contributed by atoms with Crippen molar-refractivity contribution in [1.29, 1.82) is 0 Å². The summed E-state index contributed by atoms with van der Waals surface area (Å²) in [6.07, 6.45) is 2.87. The van der Waals surface area contributed by atoms with E-state index >= 15 is 0 Å². The maximum atomic E-state index is 4.42. The first-order valence-corrected chi connectivity index (χ1v) is 4.38. The summed E-state index contributed by atoms with van der Waals surface area (Å²) in [5, 5.41) is 0. The molecule has 1 aliphatic heterocycles. The van der Waals surface area contributed by atoms with Gasteiger partial charge in [0.25, 0.3) is 0 Å². The monoisotopic (exact) mass is 164 g/mol. The van der Waals surface area contributed by atoms with Crippen LogP contribution in [0.2, 0.25) is 0 Å². The van der Waals surface area contributed by atoms with Crippen LogP contribution >= 0.6 is 0 Å². The van der Waals surface area contributed by atoms with Gasteiger partial charge in [0.2, 0.25) is 0 Å². The van der Waals surface area contributed by atoms with Crippen LogP contribution in [0.5, 0.6) is 0 Å². The van der Waals surface area contributed by atoms with E-state index in [1.807, 2.05) is 13.1 Å². The van der Waals surface area contributed by atoms with Crippen molar-refractivity contribution < 1.29 is 0 Å². The van der Waals surface area contributed by atoms with Crippen LogP contribution in [0.4, 0.5) is 0 Å². The van der Waals surface area contributed by atoms with Crippen LogP contribution in [0.3, 0.4) is 0 Å². The molecule has 0 bridgehead atoms. The molecule has 1 aliphatic rings. The first kappa shape index (κ1) is 9.17. The second-order valence-corrected chi connectivity index (χ2v) is 3.42. The number of allylic oxidation sites excluding steroid dienone is 1. The summed E-state index contributed by atoms with van der Waals surface area (Å²) in [5.41, 5.74) is 2.26. The topological polar surface area (TPSA) is 24.7 Å².